The van der Waals surface area contributed by atoms with Crippen molar-refractivity contribution in [2.45, 2.75) is 12.8 Å². The summed E-state index contributed by atoms with van der Waals surface area (Å²) in [4.78, 5) is 10.1. The molecule has 0 aliphatic carbocycles. The van der Waals surface area contributed by atoms with Crippen LogP contribution in [0.5, 0.6) is 0 Å². The molecule has 0 aromatic rings. The van der Waals surface area contributed by atoms with Gasteiger partial charge in [-0.1, -0.05) is 0 Å². The first-order valence-electron chi connectivity index (χ1n) is 4.60. The van der Waals surface area contributed by atoms with Crippen molar-refractivity contribution in [3.05, 3.63) is 0 Å². The fraction of sp³-hybridized carbons (Fsp3) is 0.875. The van der Waals surface area contributed by atoms with Gasteiger partial charge >= 0.3 is 5.97 Å². The molecule has 0 radical (unpaired) electrons. The van der Waals surface area contributed by atoms with Crippen LogP contribution in [0.3, 0.4) is 0 Å². The lowest BCUT2D eigenvalue weighted by molar-refractivity contribution is -0.136. The Morgan fingerprint density at radius 1 is 1.15 bits per heavy atom. The van der Waals surface area contributed by atoms with Gasteiger partial charge in [-0.25, -0.2) is 0 Å². The third-order valence-corrected chi connectivity index (χ3v) is 1.55. The van der Waals surface area contributed by atoms with Crippen molar-refractivity contribution in [2.24, 2.45) is 5.73 Å². The zero-order valence-corrected chi connectivity index (χ0v) is 7.88. The minimum atomic E-state index is -0.761. The normalized spacial score (nSPS) is 10.2. The SMILES string of the molecule is NCCCNCCNCCC(=O)O. The summed E-state index contributed by atoms with van der Waals surface area (Å²) in [7, 11) is 0. The molecular formula is C8H19N3O2. The summed E-state index contributed by atoms with van der Waals surface area (Å²) in [6, 6.07) is 0. The molecule has 0 saturated carbocycles. The number of carbonyl (C=O) groups is 1. The van der Waals surface area contributed by atoms with E-state index in [1.165, 1.54) is 0 Å². The van der Waals surface area contributed by atoms with Crippen LogP contribution in [0.25, 0.3) is 0 Å². The molecule has 0 atom stereocenters. The molecule has 0 saturated heterocycles. The van der Waals surface area contributed by atoms with E-state index >= 15 is 0 Å². The van der Waals surface area contributed by atoms with E-state index in [-0.39, 0.29) is 6.42 Å². The van der Waals surface area contributed by atoms with E-state index in [1.807, 2.05) is 0 Å². The number of nitrogens with two attached hydrogens (primary N) is 1. The predicted octanol–water partition coefficient (Wildman–Crippen LogP) is -1.01. The van der Waals surface area contributed by atoms with Crippen LogP contribution < -0.4 is 16.4 Å². The van der Waals surface area contributed by atoms with Crippen LogP contribution in [0.1, 0.15) is 12.8 Å². The summed E-state index contributed by atoms with van der Waals surface area (Å²) in [6.07, 6.45) is 1.16. The molecule has 0 aromatic heterocycles. The zero-order valence-electron chi connectivity index (χ0n) is 7.88. The van der Waals surface area contributed by atoms with E-state index in [0.29, 0.717) is 13.1 Å². The largest absolute Gasteiger partial charge is 0.481 e. The summed E-state index contributed by atoms with van der Waals surface area (Å²) in [5, 5.41) is 14.5. The summed E-state index contributed by atoms with van der Waals surface area (Å²) >= 11 is 0. The molecular weight excluding hydrogens is 170 g/mol. The predicted molar refractivity (Wildman–Crippen MR) is 51.7 cm³/mol. The van der Waals surface area contributed by atoms with Crippen LogP contribution in [0.4, 0.5) is 0 Å². The highest BCUT2D eigenvalue weighted by atomic mass is 16.4. The first-order chi connectivity index (χ1) is 6.27. The van der Waals surface area contributed by atoms with E-state index < -0.39 is 5.97 Å². The molecule has 0 aromatic carbocycles. The fourth-order valence-electron chi connectivity index (χ4n) is 0.849. The van der Waals surface area contributed by atoms with E-state index in [1.54, 1.807) is 0 Å². The second-order valence-corrected chi connectivity index (χ2v) is 2.79. The monoisotopic (exact) mass is 189 g/mol. The van der Waals surface area contributed by atoms with Crippen molar-refractivity contribution in [2.75, 3.05) is 32.7 Å². The lowest BCUT2D eigenvalue weighted by Crippen LogP contribution is -2.29. The Kier molecular flexibility index (Phi) is 8.97. The second kappa shape index (κ2) is 9.44. The smallest absolute Gasteiger partial charge is 0.304 e. The Hall–Kier alpha value is -0.650. The van der Waals surface area contributed by atoms with Gasteiger partial charge in [0.05, 0.1) is 6.42 Å². The Bertz CT molecular complexity index is 131. The van der Waals surface area contributed by atoms with Crippen LogP contribution >= 0.6 is 0 Å². The summed E-state index contributed by atoms with van der Waals surface area (Å²) < 4.78 is 0. The molecule has 0 unspecified atom stereocenters. The van der Waals surface area contributed by atoms with Crippen molar-refractivity contribution < 1.29 is 9.90 Å². The highest BCUT2D eigenvalue weighted by molar-refractivity contribution is 5.66. The maximum Gasteiger partial charge on any atom is 0.304 e. The molecule has 0 bridgehead atoms. The van der Waals surface area contributed by atoms with Gasteiger partial charge in [-0.15, -0.1) is 0 Å². The summed E-state index contributed by atoms with van der Waals surface area (Å²) in [5.74, 6) is -0.761. The van der Waals surface area contributed by atoms with Gasteiger partial charge in [0.1, 0.15) is 0 Å². The highest BCUT2D eigenvalue weighted by Gasteiger charge is 1.94. The van der Waals surface area contributed by atoms with Crippen LogP contribution in [0.2, 0.25) is 0 Å². The van der Waals surface area contributed by atoms with Crippen LogP contribution in [0, 0.1) is 0 Å². The van der Waals surface area contributed by atoms with Gasteiger partial charge in [0, 0.05) is 19.6 Å². The van der Waals surface area contributed by atoms with E-state index in [2.05, 4.69) is 10.6 Å². The quantitative estimate of drug-likeness (QED) is 0.349. The number of hydrogen-bond donors (Lipinski definition) is 4. The molecule has 0 spiro atoms. The molecule has 0 aliphatic heterocycles. The Morgan fingerprint density at radius 2 is 1.77 bits per heavy atom. The molecule has 0 amide bonds. The average Bonchev–Trinajstić information content (AvgIpc) is 2.09. The van der Waals surface area contributed by atoms with Crippen LogP contribution in [-0.4, -0.2) is 43.8 Å². The number of hydrogen-bond acceptors (Lipinski definition) is 4. The number of aliphatic carboxylic acids is 1. The maximum atomic E-state index is 10.1. The van der Waals surface area contributed by atoms with E-state index in [0.717, 1.165) is 26.1 Å². The van der Waals surface area contributed by atoms with E-state index in [9.17, 15) is 4.79 Å². The van der Waals surface area contributed by atoms with Crippen molar-refractivity contribution in [3.63, 3.8) is 0 Å². The zero-order chi connectivity index (χ0) is 9.94. The molecule has 0 heterocycles. The van der Waals surface area contributed by atoms with Gasteiger partial charge in [-0.05, 0) is 19.5 Å². The molecule has 5 heteroatoms. The second-order valence-electron chi connectivity index (χ2n) is 2.79. The third-order valence-electron chi connectivity index (χ3n) is 1.55. The number of carboxylic acid groups (broad SMARTS) is 1. The average molecular weight is 189 g/mol. The minimum Gasteiger partial charge on any atom is -0.481 e. The van der Waals surface area contributed by atoms with Gasteiger partial charge in [-0.3, -0.25) is 4.79 Å². The number of nitrogens with one attached hydrogen (secondary N) is 2. The van der Waals surface area contributed by atoms with Crippen molar-refractivity contribution >= 4 is 5.97 Å². The van der Waals surface area contributed by atoms with Crippen molar-refractivity contribution in [1.82, 2.24) is 10.6 Å². The molecule has 13 heavy (non-hydrogen) atoms. The lowest BCUT2D eigenvalue weighted by atomic mass is 10.4. The number of carboxylic acids is 1. The maximum absolute atomic E-state index is 10.1. The Labute approximate surface area is 78.7 Å². The summed E-state index contributed by atoms with van der Waals surface area (Å²) in [6.45, 7) is 3.84. The molecule has 78 valence electrons. The van der Waals surface area contributed by atoms with Crippen molar-refractivity contribution in [1.29, 1.82) is 0 Å². The molecule has 5 nitrogen and oxygen atoms in total. The summed E-state index contributed by atoms with van der Waals surface area (Å²) in [5.41, 5.74) is 5.30. The van der Waals surface area contributed by atoms with Gasteiger partial charge in [-0.2, -0.15) is 0 Å². The standard InChI is InChI=1S/C8H19N3O2/c9-3-1-4-10-6-7-11-5-2-8(12)13/h10-11H,1-7,9H2,(H,12,13). The van der Waals surface area contributed by atoms with Gasteiger partial charge in [0.25, 0.3) is 0 Å². The Balaban J connectivity index is 2.87. The van der Waals surface area contributed by atoms with Gasteiger partial charge in [0.15, 0.2) is 0 Å². The first-order valence-corrected chi connectivity index (χ1v) is 4.60. The number of rotatable bonds is 9. The lowest BCUT2D eigenvalue weighted by Gasteiger charge is -2.04. The van der Waals surface area contributed by atoms with Crippen molar-refractivity contribution in [3.8, 4) is 0 Å². The fourth-order valence-corrected chi connectivity index (χ4v) is 0.849. The third kappa shape index (κ3) is 11.3. The Morgan fingerprint density at radius 3 is 2.31 bits per heavy atom. The molecule has 5 N–H and O–H groups in total. The van der Waals surface area contributed by atoms with Crippen LogP contribution in [-0.2, 0) is 4.79 Å². The van der Waals surface area contributed by atoms with E-state index in [4.69, 9.17) is 10.8 Å². The van der Waals surface area contributed by atoms with Crippen LogP contribution in [0.15, 0.2) is 0 Å². The van der Waals surface area contributed by atoms with Gasteiger partial charge in [0.2, 0.25) is 0 Å². The van der Waals surface area contributed by atoms with Gasteiger partial charge < -0.3 is 21.5 Å². The molecule has 0 aliphatic rings. The topological polar surface area (TPSA) is 87.4 Å². The first kappa shape index (κ1) is 12.3. The highest BCUT2D eigenvalue weighted by Crippen LogP contribution is 1.74. The minimum absolute atomic E-state index is 0.183. The molecule has 0 fully saturated rings. The molecule has 0 rings (SSSR count).